The number of imidazole rings is 1. The van der Waals surface area contributed by atoms with E-state index >= 15 is 0 Å². The number of phosphoric acid groups is 2. The predicted octanol–water partition coefficient (Wildman–Crippen LogP) is -4.51. The maximum Gasteiger partial charge on any atom is 0.483 e. The van der Waals surface area contributed by atoms with Crippen LogP contribution in [-0.4, -0.2) is 118 Å². The first kappa shape index (κ1) is 30.1. The molecule has 1 aromatic heterocycles. The van der Waals surface area contributed by atoms with Crippen LogP contribution in [0.2, 0.25) is 0 Å². The molecule has 21 nitrogen and oxygen atoms in total. The highest BCUT2D eigenvalue weighted by Crippen LogP contribution is 2.61. The van der Waals surface area contributed by atoms with E-state index in [-0.39, 0.29) is 23.8 Å². The smallest absolute Gasteiger partial charge is 0.387 e. The summed E-state index contributed by atoms with van der Waals surface area (Å²) in [5.74, 6) is -0.110. The fourth-order valence-corrected chi connectivity index (χ4v) is 6.03. The standard InChI is InChI=1S/C16H25N5O16P2/c17-16-19-12-6(13(28)20-16)18-3-21(12)14-10(26)8(24)5(34-14)2-33-38(29,30)37-39(31,32)36-15-11(27)9(25)7(23)4(1-22)35-15/h1,3-5,7-11,13-15,23-28H,2H2,(H,29,30)(H,31,32)(H3,17,19,20). The van der Waals surface area contributed by atoms with Gasteiger partial charge in [0.05, 0.1) is 12.9 Å². The molecule has 0 aromatic carbocycles. The van der Waals surface area contributed by atoms with Crippen molar-refractivity contribution in [3.8, 4) is 0 Å². The first-order valence-corrected chi connectivity index (χ1v) is 13.8. The SMILES string of the molecule is NC1=NC(O)c2ncn(C3OC(COP(=O)(O)OP(=O)(O)OC4OC(C=O)C(O)C(O)C4O)C(O)C3O)c2N1. The minimum Gasteiger partial charge on any atom is -0.387 e. The second-order valence-corrected chi connectivity index (χ2v) is 11.4. The third kappa shape index (κ3) is 6.22. The Kier molecular flexibility index (Phi) is 8.60. The van der Waals surface area contributed by atoms with Gasteiger partial charge in [-0.15, -0.1) is 0 Å². The number of carbonyl (C=O) groups excluding carboxylic acids is 1. The van der Waals surface area contributed by atoms with Gasteiger partial charge < -0.3 is 65.7 Å². The Morgan fingerprint density at radius 2 is 1.72 bits per heavy atom. The number of aliphatic hydroxyl groups is 6. The van der Waals surface area contributed by atoms with Gasteiger partial charge in [0.2, 0.25) is 0 Å². The van der Waals surface area contributed by atoms with E-state index in [1.165, 1.54) is 0 Å². The van der Waals surface area contributed by atoms with Crippen LogP contribution in [0.3, 0.4) is 0 Å². The molecule has 39 heavy (non-hydrogen) atoms. The van der Waals surface area contributed by atoms with E-state index in [0.717, 1.165) is 10.9 Å². The van der Waals surface area contributed by atoms with Crippen LogP contribution in [0.5, 0.6) is 0 Å². The molecule has 0 bridgehead atoms. The second-order valence-electron chi connectivity index (χ2n) is 8.44. The van der Waals surface area contributed by atoms with E-state index in [1.54, 1.807) is 0 Å². The topological polar surface area (TPSA) is 327 Å². The summed E-state index contributed by atoms with van der Waals surface area (Å²) in [6, 6.07) is 0. The van der Waals surface area contributed by atoms with Crippen molar-refractivity contribution in [1.29, 1.82) is 0 Å². The third-order valence-corrected chi connectivity index (χ3v) is 8.37. The van der Waals surface area contributed by atoms with Crippen molar-refractivity contribution in [3.05, 3.63) is 12.0 Å². The van der Waals surface area contributed by atoms with Crippen molar-refractivity contribution in [2.45, 2.75) is 61.5 Å². The molecule has 4 heterocycles. The molecule has 23 heteroatoms. The minimum atomic E-state index is -5.62. The highest BCUT2D eigenvalue weighted by atomic mass is 31.3. The summed E-state index contributed by atoms with van der Waals surface area (Å²) in [7, 11) is -11.1. The molecule has 1 aromatic rings. The number of ether oxygens (including phenoxy) is 2. The molecule has 2 saturated heterocycles. The van der Waals surface area contributed by atoms with Crippen molar-refractivity contribution >= 4 is 33.7 Å². The number of hydrogen-bond acceptors (Lipinski definition) is 18. The molecule has 0 saturated carbocycles. The number of nitrogens with zero attached hydrogens (tertiary/aromatic N) is 3. The fraction of sp³-hybridized carbons (Fsp3) is 0.688. The average Bonchev–Trinajstić information content (AvgIpc) is 3.38. The Bertz CT molecular complexity index is 1200. The van der Waals surface area contributed by atoms with Crippen molar-refractivity contribution in [3.63, 3.8) is 0 Å². The van der Waals surface area contributed by atoms with Gasteiger partial charge in [0.15, 0.2) is 31.0 Å². The summed E-state index contributed by atoms with van der Waals surface area (Å²) in [6.07, 6.45) is -16.7. The van der Waals surface area contributed by atoms with Gasteiger partial charge in [0, 0.05) is 0 Å². The molecule has 2 fully saturated rings. The maximum absolute atomic E-state index is 12.3. The molecule has 0 radical (unpaired) electrons. The van der Waals surface area contributed by atoms with Gasteiger partial charge >= 0.3 is 15.6 Å². The van der Waals surface area contributed by atoms with Gasteiger partial charge in [-0.1, -0.05) is 0 Å². The zero-order valence-electron chi connectivity index (χ0n) is 19.3. The van der Waals surface area contributed by atoms with E-state index in [2.05, 4.69) is 28.7 Å². The summed E-state index contributed by atoms with van der Waals surface area (Å²) in [4.78, 5) is 38.2. The lowest BCUT2D eigenvalue weighted by Crippen LogP contribution is -2.58. The first-order valence-electron chi connectivity index (χ1n) is 10.9. The van der Waals surface area contributed by atoms with Crippen molar-refractivity contribution < 1.29 is 77.2 Å². The van der Waals surface area contributed by atoms with Gasteiger partial charge in [0.1, 0.15) is 54.2 Å². The van der Waals surface area contributed by atoms with Gasteiger partial charge in [-0.3, -0.25) is 13.6 Å². The number of rotatable bonds is 9. The number of anilines is 1. The second kappa shape index (κ2) is 11.2. The number of nitrogens with one attached hydrogen (secondary N) is 1. The van der Waals surface area contributed by atoms with Crippen LogP contribution < -0.4 is 11.1 Å². The zero-order valence-corrected chi connectivity index (χ0v) is 21.1. The number of aliphatic imine (C=N–C) groups is 1. The fourth-order valence-electron chi connectivity index (χ4n) is 3.87. The Hall–Kier alpha value is -1.91. The normalized spacial score (nSPS) is 39.6. The van der Waals surface area contributed by atoms with E-state index in [0.29, 0.717) is 0 Å². The molecular formula is C16H25N5O16P2. The number of aldehydes is 1. The number of carbonyl (C=O) groups is 1. The largest absolute Gasteiger partial charge is 0.483 e. The molecule has 0 aliphatic carbocycles. The Morgan fingerprint density at radius 3 is 2.38 bits per heavy atom. The molecule has 3 aliphatic heterocycles. The van der Waals surface area contributed by atoms with Crippen LogP contribution in [-0.2, 0) is 36.8 Å². The highest BCUT2D eigenvalue weighted by Gasteiger charge is 2.50. The van der Waals surface area contributed by atoms with Gasteiger partial charge in [0.25, 0.3) is 0 Å². The molecule has 0 spiro atoms. The van der Waals surface area contributed by atoms with Crippen molar-refractivity contribution in [2.75, 3.05) is 11.9 Å². The monoisotopic (exact) mass is 605 g/mol. The van der Waals surface area contributed by atoms with Crippen LogP contribution in [0, 0.1) is 0 Å². The Balaban J connectivity index is 1.37. The minimum absolute atomic E-state index is 0.00820. The van der Waals surface area contributed by atoms with Gasteiger partial charge in [-0.25, -0.2) is 19.1 Å². The molecule has 12 atom stereocenters. The summed E-state index contributed by atoms with van der Waals surface area (Å²) in [6.45, 7) is -0.986. The van der Waals surface area contributed by atoms with E-state index in [1.807, 2.05) is 0 Å². The first-order chi connectivity index (χ1) is 18.1. The highest BCUT2D eigenvalue weighted by molar-refractivity contribution is 7.61. The lowest BCUT2D eigenvalue weighted by Gasteiger charge is -2.38. The predicted molar refractivity (Wildman–Crippen MR) is 119 cm³/mol. The quantitative estimate of drug-likeness (QED) is 0.0936. The van der Waals surface area contributed by atoms with Crippen LogP contribution in [0.25, 0.3) is 0 Å². The van der Waals surface area contributed by atoms with Crippen molar-refractivity contribution in [1.82, 2.24) is 9.55 Å². The molecular weight excluding hydrogens is 580 g/mol. The number of hydrogen-bond donors (Lipinski definition) is 10. The van der Waals surface area contributed by atoms with Gasteiger partial charge in [-0.2, -0.15) is 4.31 Å². The average molecular weight is 605 g/mol. The number of aromatic nitrogens is 2. The van der Waals surface area contributed by atoms with Crippen LogP contribution in [0.1, 0.15) is 18.1 Å². The molecule has 3 aliphatic rings. The third-order valence-electron chi connectivity index (χ3n) is 5.77. The summed E-state index contributed by atoms with van der Waals surface area (Å²) in [5.41, 5.74) is 5.60. The Morgan fingerprint density at radius 1 is 1.03 bits per heavy atom. The molecule has 0 amide bonds. The molecule has 11 N–H and O–H groups in total. The summed E-state index contributed by atoms with van der Waals surface area (Å²) in [5, 5.41) is 62.5. The summed E-state index contributed by atoms with van der Waals surface area (Å²) >= 11 is 0. The number of aliphatic hydroxyl groups excluding tert-OH is 6. The lowest BCUT2D eigenvalue weighted by molar-refractivity contribution is -0.266. The van der Waals surface area contributed by atoms with Crippen molar-refractivity contribution in [2.24, 2.45) is 10.7 Å². The van der Waals surface area contributed by atoms with Crippen LogP contribution >= 0.6 is 15.6 Å². The Labute approximate surface area is 217 Å². The number of guanidine groups is 1. The molecule has 220 valence electrons. The van der Waals surface area contributed by atoms with Crippen LogP contribution in [0.15, 0.2) is 11.3 Å². The lowest BCUT2D eigenvalue weighted by atomic mass is 10.00. The molecule has 4 rings (SSSR count). The van der Waals surface area contributed by atoms with Gasteiger partial charge in [-0.05, 0) is 0 Å². The number of fused-ring (bicyclic) bond motifs is 1. The van der Waals surface area contributed by atoms with E-state index in [4.69, 9.17) is 15.2 Å². The van der Waals surface area contributed by atoms with E-state index < -0.39 is 83.7 Å². The number of phosphoric ester groups is 2. The zero-order chi connectivity index (χ0) is 28.9. The number of nitrogens with two attached hydrogens (primary N) is 1. The van der Waals surface area contributed by atoms with E-state index in [9.17, 15) is 54.4 Å². The maximum atomic E-state index is 12.3. The molecule has 12 unspecified atom stereocenters. The summed E-state index contributed by atoms with van der Waals surface area (Å²) < 4.78 is 49.0. The van der Waals surface area contributed by atoms with Crippen LogP contribution in [0.4, 0.5) is 5.82 Å².